The molecule has 1 heteroatoms. The van der Waals surface area contributed by atoms with Gasteiger partial charge in [0, 0.05) is 6.54 Å². The van der Waals surface area contributed by atoms with Crippen molar-refractivity contribution in [1.82, 2.24) is 5.32 Å². The van der Waals surface area contributed by atoms with Crippen LogP contribution >= 0.6 is 0 Å². The number of hydrogen-bond donors (Lipinski definition) is 1. The van der Waals surface area contributed by atoms with Crippen LogP contribution in [0, 0.1) is 5.92 Å². The van der Waals surface area contributed by atoms with E-state index in [9.17, 15) is 0 Å². The summed E-state index contributed by atoms with van der Waals surface area (Å²) in [6.45, 7) is 2.42. The summed E-state index contributed by atoms with van der Waals surface area (Å²) in [5.41, 5.74) is 3.22. The predicted molar refractivity (Wildman–Crippen MR) is 58.5 cm³/mol. The zero-order valence-electron chi connectivity index (χ0n) is 8.50. The van der Waals surface area contributed by atoms with Crippen LogP contribution in [0.5, 0.6) is 0 Å². The molecule has 1 aliphatic carbocycles. The Kier molecular flexibility index (Phi) is 2.06. The SMILES string of the molecule is c1ccc2c(c1)CCC1CCNCC21. The van der Waals surface area contributed by atoms with Gasteiger partial charge in [-0.05, 0) is 48.8 Å². The molecule has 1 saturated heterocycles. The largest absolute Gasteiger partial charge is 0.316 e. The van der Waals surface area contributed by atoms with Crippen LogP contribution in [0.15, 0.2) is 24.3 Å². The average molecular weight is 187 g/mol. The number of benzene rings is 1. The minimum atomic E-state index is 0.800. The van der Waals surface area contributed by atoms with Gasteiger partial charge in [-0.3, -0.25) is 0 Å². The summed E-state index contributed by atoms with van der Waals surface area (Å²) in [5, 5.41) is 3.52. The first kappa shape index (κ1) is 8.49. The maximum absolute atomic E-state index is 3.52. The first-order valence-corrected chi connectivity index (χ1v) is 5.73. The molecule has 1 nitrogen and oxygen atoms in total. The van der Waals surface area contributed by atoms with Crippen molar-refractivity contribution in [1.29, 1.82) is 0 Å². The van der Waals surface area contributed by atoms with E-state index in [1.54, 1.807) is 11.1 Å². The average Bonchev–Trinajstić information content (AvgIpc) is 2.29. The van der Waals surface area contributed by atoms with Gasteiger partial charge in [0.1, 0.15) is 0 Å². The standard InChI is InChI=1S/C13H17N/c1-2-4-12-10(3-1)5-6-11-7-8-14-9-13(11)12/h1-4,11,13-14H,5-9H2. The molecule has 0 aromatic heterocycles. The third kappa shape index (κ3) is 1.27. The minimum Gasteiger partial charge on any atom is -0.316 e. The Labute approximate surface area is 85.5 Å². The molecule has 1 N–H and O–H groups in total. The number of fused-ring (bicyclic) bond motifs is 3. The molecule has 1 fully saturated rings. The molecule has 0 spiro atoms. The van der Waals surface area contributed by atoms with Gasteiger partial charge in [-0.25, -0.2) is 0 Å². The Morgan fingerprint density at radius 3 is 3.07 bits per heavy atom. The zero-order chi connectivity index (χ0) is 9.38. The molecule has 1 aliphatic heterocycles. The minimum absolute atomic E-state index is 0.800. The van der Waals surface area contributed by atoms with Crippen molar-refractivity contribution in [2.45, 2.75) is 25.2 Å². The number of rotatable bonds is 0. The fourth-order valence-corrected chi connectivity index (χ4v) is 3.09. The van der Waals surface area contributed by atoms with Crippen LogP contribution in [0.3, 0.4) is 0 Å². The van der Waals surface area contributed by atoms with E-state index in [-0.39, 0.29) is 0 Å². The van der Waals surface area contributed by atoms with Crippen molar-refractivity contribution in [2.75, 3.05) is 13.1 Å². The zero-order valence-corrected chi connectivity index (χ0v) is 8.50. The van der Waals surface area contributed by atoms with Crippen molar-refractivity contribution in [3.8, 4) is 0 Å². The lowest BCUT2D eigenvalue weighted by molar-refractivity contribution is 0.291. The summed E-state index contributed by atoms with van der Waals surface area (Å²) in [6, 6.07) is 9.00. The van der Waals surface area contributed by atoms with Gasteiger partial charge in [0.2, 0.25) is 0 Å². The van der Waals surface area contributed by atoms with Gasteiger partial charge in [-0.2, -0.15) is 0 Å². The first-order chi connectivity index (χ1) is 6.95. The summed E-state index contributed by atoms with van der Waals surface area (Å²) in [6.07, 6.45) is 4.08. The van der Waals surface area contributed by atoms with Crippen LogP contribution in [0.25, 0.3) is 0 Å². The van der Waals surface area contributed by atoms with Crippen LogP contribution in [-0.4, -0.2) is 13.1 Å². The summed E-state index contributed by atoms with van der Waals surface area (Å²) in [7, 11) is 0. The molecule has 1 heterocycles. The number of nitrogens with one attached hydrogen (secondary N) is 1. The normalized spacial score (nSPS) is 30.6. The van der Waals surface area contributed by atoms with Crippen LogP contribution in [0.2, 0.25) is 0 Å². The quantitative estimate of drug-likeness (QED) is 0.657. The molecule has 3 rings (SSSR count). The Bertz CT molecular complexity index is 332. The van der Waals surface area contributed by atoms with Gasteiger partial charge < -0.3 is 5.32 Å². The number of piperidine rings is 1. The second kappa shape index (κ2) is 3.39. The van der Waals surface area contributed by atoms with Crippen molar-refractivity contribution >= 4 is 0 Å². The highest BCUT2D eigenvalue weighted by molar-refractivity contribution is 5.34. The van der Waals surface area contributed by atoms with Crippen molar-refractivity contribution in [2.24, 2.45) is 5.92 Å². The molecule has 0 radical (unpaired) electrons. The summed E-state index contributed by atoms with van der Waals surface area (Å²) in [4.78, 5) is 0. The molecule has 14 heavy (non-hydrogen) atoms. The van der Waals surface area contributed by atoms with Crippen molar-refractivity contribution < 1.29 is 0 Å². The second-order valence-corrected chi connectivity index (χ2v) is 4.60. The third-order valence-electron chi connectivity index (χ3n) is 3.86. The Morgan fingerprint density at radius 1 is 1.14 bits per heavy atom. The molecule has 2 aliphatic rings. The third-order valence-corrected chi connectivity index (χ3v) is 3.86. The van der Waals surface area contributed by atoms with Gasteiger partial charge in [0.25, 0.3) is 0 Å². The van der Waals surface area contributed by atoms with Gasteiger partial charge in [-0.1, -0.05) is 24.3 Å². The van der Waals surface area contributed by atoms with Crippen LogP contribution in [0.1, 0.15) is 29.9 Å². The van der Waals surface area contributed by atoms with E-state index in [4.69, 9.17) is 0 Å². The number of hydrogen-bond acceptors (Lipinski definition) is 1. The fraction of sp³-hybridized carbons (Fsp3) is 0.538. The van der Waals surface area contributed by atoms with Gasteiger partial charge in [0.15, 0.2) is 0 Å². The summed E-state index contributed by atoms with van der Waals surface area (Å²) < 4.78 is 0. The van der Waals surface area contributed by atoms with E-state index in [1.165, 1.54) is 32.4 Å². The lowest BCUT2D eigenvalue weighted by Crippen LogP contribution is -2.37. The molecule has 1 aromatic rings. The second-order valence-electron chi connectivity index (χ2n) is 4.60. The first-order valence-electron chi connectivity index (χ1n) is 5.73. The lowest BCUT2D eigenvalue weighted by atomic mass is 9.72. The van der Waals surface area contributed by atoms with Gasteiger partial charge in [0.05, 0.1) is 0 Å². The summed E-state index contributed by atoms with van der Waals surface area (Å²) >= 11 is 0. The summed E-state index contributed by atoms with van der Waals surface area (Å²) in [5.74, 6) is 1.75. The molecule has 2 atom stereocenters. The van der Waals surface area contributed by atoms with E-state index in [0.717, 1.165) is 11.8 Å². The number of aryl methyl sites for hydroxylation is 1. The Morgan fingerprint density at radius 2 is 2.07 bits per heavy atom. The smallest absolute Gasteiger partial charge is 0.00229 e. The highest BCUT2D eigenvalue weighted by Crippen LogP contribution is 2.38. The maximum atomic E-state index is 3.52. The van der Waals surface area contributed by atoms with Crippen LogP contribution in [-0.2, 0) is 6.42 Å². The molecular formula is C13H17N. The molecule has 1 aromatic carbocycles. The predicted octanol–water partition coefficient (Wildman–Crippen LogP) is 2.33. The van der Waals surface area contributed by atoms with E-state index < -0.39 is 0 Å². The maximum Gasteiger partial charge on any atom is 0.00229 e. The van der Waals surface area contributed by atoms with E-state index >= 15 is 0 Å². The highest BCUT2D eigenvalue weighted by atomic mass is 14.9. The van der Waals surface area contributed by atoms with E-state index in [0.29, 0.717) is 0 Å². The topological polar surface area (TPSA) is 12.0 Å². The molecule has 0 bridgehead atoms. The Balaban J connectivity index is 1.99. The van der Waals surface area contributed by atoms with Crippen molar-refractivity contribution in [3.63, 3.8) is 0 Å². The van der Waals surface area contributed by atoms with Crippen LogP contribution < -0.4 is 5.32 Å². The molecule has 0 saturated carbocycles. The lowest BCUT2D eigenvalue weighted by Gasteiger charge is -2.37. The highest BCUT2D eigenvalue weighted by Gasteiger charge is 2.30. The fourth-order valence-electron chi connectivity index (χ4n) is 3.09. The Hall–Kier alpha value is -0.820. The molecule has 0 amide bonds. The molecule has 74 valence electrons. The monoisotopic (exact) mass is 187 g/mol. The van der Waals surface area contributed by atoms with Gasteiger partial charge in [-0.15, -0.1) is 0 Å². The van der Waals surface area contributed by atoms with Gasteiger partial charge >= 0.3 is 0 Å². The van der Waals surface area contributed by atoms with E-state index in [2.05, 4.69) is 29.6 Å². The van der Waals surface area contributed by atoms with Crippen LogP contribution in [0.4, 0.5) is 0 Å². The van der Waals surface area contributed by atoms with E-state index in [1.807, 2.05) is 0 Å². The molecular weight excluding hydrogens is 170 g/mol. The van der Waals surface area contributed by atoms with Crippen molar-refractivity contribution in [3.05, 3.63) is 35.4 Å². The molecule has 2 unspecified atom stereocenters.